The van der Waals surface area contributed by atoms with Gasteiger partial charge in [0, 0.05) is 0 Å². The summed E-state index contributed by atoms with van der Waals surface area (Å²) in [6.07, 6.45) is 0.392. The summed E-state index contributed by atoms with van der Waals surface area (Å²) in [5, 5.41) is 1.27. The summed E-state index contributed by atoms with van der Waals surface area (Å²) in [5.41, 5.74) is -0.495. The van der Waals surface area contributed by atoms with E-state index in [-0.39, 0.29) is 0 Å². The SMILES string of the molecule is CCCN(OCN(C)C)C(=O)OC(C)(C)C. The molecule has 0 aromatic heterocycles. The van der Waals surface area contributed by atoms with Crippen molar-refractivity contribution in [3.63, 3.8) is 0 Å². The zero-order chi connectivity index (χ0) is 12.8. The summed E-state index contributed by atoms with van der Waals surface area (Å²) < 4.78 is 5.23. The first-order chi connectivity index (χ1) is 7.26. The Labute approximate surface area is 98.3 Å². The van der Waals surface area contributed by atoms with E-state index in [1.165, 1.54) is 5.06 Å². The van der Waals surface area contributed by atoms with Gasteiger partial charge in [-0.25, -0.2) is 4.79 Å². The van der Waals surface area contributed by atoms with Gasteiger partial charge in [0.2, 0.25) is 0 Å². The number of rotatable bonds is 5. The molecule has 0 bridgehead atoms. The largest absolute Gasteiger partial charge is 0.442 e. The lowest BCUT2D eigenvalue weighted by Crippen LogP contribution is -2.39. The molecule has 0 aromatic rings. The highest BCUT2D eigenvalue weighted by molar-refractivity contribution is 5.66. The van der Waals surface area contributed by atoms with Crippen molar-refractivity contribution in [3.05, 3.63) is 0 Å². The Morgan fingerprint density at radius 2 is 1.81 bits per heavy atom. The van der Waals surface area contributed by atoms with E-state index in [9.17, 15) is 4.79 Å². The monoisotopic (exact) mass is 232 g/mol. The van der Waals surface area contributed by atoms with Crippen LogP contribution in [0.4, 0.5) is 4.79 Å². The van der Waals surface area contributed by atoms with Gasteiger partial charge in [-0.05, 0) is 41.3 Å². The minimum Gasteiger partial charge on any atom is -0.442 e. The number of amides is 1. The number of ether oxygens (including phenoxy) is 1. The van der Waals surface area contributed by atoms with E-state index >= 15 is 0 Å². The van der Waals surface area contributed by atoms with Crippen LogP contribution < -0.4 is 0 Å². The van der Waals surface area contributed by atoms with Crippen molar-refractivity contribution in [2.24, 2.45) is 0 Å². The quantitative estimate of drug-likeness (QED) is 0.537. The van der Waals surface area contributed by atoms with Crippen LogP contribution in [0.5, 0.6) is 0 Å². The minimum atomic E-state index is -0.495. The Bertz CT molecular complexity index is 212. The van der Waals surface area contributed by atoms with Crippen molar-refractivity contribution < 1.29 is 14.4 Å². The van der Waals surface area contributed by atoms with Gasteiger partial charge in [-0.1, -0.05) is 6.92 Å². The fourth-order valence-corrected chi connectivity index (χ4v) is 0.910. The molecule has 0 fully saturated rings. The van der Waals surface area contributed by atoms with Crippen LogP contribution in [0, 0.1) is 0 Å². The third kappa shape index (κ3) is 7.48. The Morgan fingerprint density at radius 3 is 2.19 bits per heavy atom. The molecule has 0 saturated heterocycles. The first kappa shape index (κ1) is 15.2. The van der Waals surface area contributed by atoms with E-state index in [2.05, 4.69) is 0 Å². The molecule has 96 valence electrons. The van der Waals surface area contributed by atoms with Gasteiger partial charge in [-0.2, -0.15) is 5.06 Å². The first-order valence-corrected chi connectivity index (χ1v) is 5.54. The lowest BCUT2D eigenvalue weighted by Gasteiger charge is -2.27. The van der Waals surface area contributed by atoms with Crippen molar-refractivity contribution in [2.45, 2.75) is 39.7 Å². The van der Waals surface area contributed by atoms with Crippen molar-refractivity contribution in [2.75, 3.05) is 27.4 Å². The molecule has 0 unspecified atom stereocenters. The number of carbonyl (C=O) groups is 1. The normalized spacial score (nSPS) is 11.7. The van der Waals surface area contributed by atoms with E-state index in [1.54, 1.807) is 0 Å². The molecule has 0 N–H and O–H groups in total. The summed E-state index contributed by atoms with van der Waals surface area (Å²) in [6.45, 7) is 8.38. The molecule has 0 radical (unpaired) electrons. The molecule has 0 aromatic carbocycles. The number of nitrogens with zero attached hydrogens (tertiary/aromatic N) is 2. The molecule has 0 spiro atoms. The van der Waals surface area contributed by atoms with Crippen LogP contribution in [0.1, 0.15) is 34.1 Å². The number of hydrogen-bond donors (Lipinski definition) is 0. The van der Waals surface area contributed by atoms with E-state index in [0.717, 1.165) is 6.42 Å². The van der Waals surface area contributed by atoms with Gasteiger partial charge < -0.3 is 4.74 Å². The van der Waals surface area contributed by atoms with Gasteiger partial charge in [-0.3, -0.25) is 9.74 Å². The summed E-state index contributed by atoms with van der Waals surface area (Å²) in [4.78, 5) is 18.9. The molecular formula is C11H24N2O3. The van der Waals surface area contributed by atoms with E-state index in [0.29, 0.717) is 13.3 Å². The smallest absolute Gasteiger partial charge is 0.434 e. The Hall–Kier alpha value is -0.810. The van der Waals surface area contributed by atoms with Crippen LogP contribution >= 0.6 is 0 Å². The third-order valence-corrected chi connectivity index (χ3v) is 1.50. The van der Waals surface area contributed by atoms with Crippen LogP contribution in [0.15, 0.2) is 0 Å². The summed E-state index contributed by atoms with van der Waals surface area (Å²) >= 11 is 0. The number of carbonyl (C=O) groups excluding carboxylic acids is 1. The summed E-state index contributed by atoms with van der Waals surface area (Å²) in [7, 11) is 3.75. The lowest BCUT2D eigenvalue weighted by atomic mass is 10.2. The highest BCUT2D eigenvalue weighted by Crippen LogP contribution is 2.10. The van der Waals surface area contributed by atoms with Crippen LogP contribution in [-0.2, 0) is 9.57 Å². The van der Waals surface area contributed by atoms with E-state index in [1.807, 2.05) is 46.7 Å². The Balaban J connectivity index is 4.23. The second-order valence-corrected chi connectivity index (χ2v) is 4.92. The predicted octanol–water partition coefficient (Wildman–Crippen LogP) is 2.08. The zero-order valence-electron chi connectivity index (χ0n) is 11.2. The van der Waals surface area contributed by atoms with Crippen molar-refractivity contribution in [1.82, 2.24) is 9.96 Å². The van der Waals surface area contributed by atoms with Crippen molar-refractivity contribution in [1.29, 1.82) is 0 Å². The second-order valence-electron chi connectivity index (χ2n) is 4.92. The van der Waals surface area contributed by atoms with Gasteiger partial charge >= 0.3 is 6.09 Å². The highest BCUT2D eigenvalue weighted by atomic mass is 16.7. The molecule has 0 heterocycles. The number of hydrogen-bond acceptors (Lipinski definition) is 4. The molecule has 16 heavy (non-hydrogen) atoms. The van der Waals surface area contributed by atoms with Crippen molar-refractivity contribution >= 4 is 6.09 Å². The molecular weight excluding hydrogens is 208 g/mol. The molecule has 0 rings (SSSR count). The maximum Gasteiger partial charge on any atom is 0.434 e. The van der Waals surface area contributed by atoms with Crippen LogP contribution in [0.2, 0.25) is 0 Å². The maximum atomic E-state index is 11.7. The average molecular weight is 232 g/mol. The maximum absolute atomic E-state index is 11.7. The predicted molar refractivity (Wildman–Crippen MR) is 62.9 cm³/mol. The Morgan fingerprint density at radius 1 is 1.25 bits per heavy atom. The molecule has 0 aliphatic heterocycles. The first-order valence-electron chi connectivity index (χ1n) is 5.54. The van der Waals surface area contributed by atoms with Crippen molar-refractivity contribution in [3.8, 4) is 0 Å². The van der Waals surface area contributed by atoms with E-state index < -0.39 is 11.7 Å². The van der Waals surface area contributed by atoms with Gasteiger partial charge in [0.05, 0.1) is 6.54 Å². The molecule has 1 amide bonds. The average Bonchev–Trinajstić information content (AvgIpc) is 2.08. The van der Waals surface area contributed by atoms with Crippen LogP contribution in [0.3, 0.4) is 0 Å². The van der Waals surface area contributed by atoms with Crippen LogP contribution in [-0.4, -0.2) is 49.0 Å². The highest BCUT2D eigenvalue weighted by Gasteiger charge is 2.22. The molecule has 0 aliphatic carbocycles. The van der Waals surface area contributed by atoms with Gasteiger partial charge in [-0.15, -0.1) is 0 Å². The third-order valence-electron chi connectivity index (χ3n) is 1.50. The van der Waals surface area contributed by atoms with Gasteiger partial charge in [0.1, 0.15) is 12.3 Å². The summed E-state index contributed by atoms with van der Waals surface area (Å²) in [6, 6.07) is 0. The Kier molecular flexibility index (Phi) is 6.36. The van der Waals surface area contributed by atoms with Gasteiger partial charge in [0.15, 0.2) is 0 Å². The lowest BCUT2D eigenvalue weighted by molar-refractivity contribution is -0.170. The van der Waals surface area contributed by atoms with Crippen LogP contribution in [0.25, 0.3) is 0 Å². The standard InChI is InChI=1S/C11H24N2O3/c1-7-8-13(15-9-12(5)6)10(14)16-11(2,3)4/h7-9H2,1-6H3. The fraction of sp³-hybridized carbons (Fsp3) is 0.909. The second kappa shape index (κ2) is 6.70. The van der Waals surface area contributed by atoms with E-state index in [4.69, 9.17) is 9.57 Å². The minimum absolute atomic E-state index is 0.360. The molecule has 0 aliphatic rings. The number of hydroxylamine groups is 2. The van der Waals surface area contributed by atoms with Gasteiger partial charge in [0.25, 0.3) is 0 Å². The molecule has 5 nitrogen and oxygen atoms in total. The summed E-state index contributed by atoms with van der Waals surface area (Å²) in [5.74, 6) is 0. The fourth-order valence-electron chi connectivity index (χ4n) is 0.910. The topological polar surface area (TPSA) is 42.0 Å². The molecule has 5 heteroatoms. The zero-order valence-corrected chi connectivity index (χ0v) is 11.2. The molecule has 0 atom stereocenters. The molecule has 0 saturated carbocycles.